The minimum absolute atomic E-state index is 0.0949. The maximum atomic E-state index is 9.44. The Bertz CT molecular complexity index is 2760. The van der Waals surface area contributed by atoms with Gasteiger partial charge in [0.1, 0.15) is 5.82 Å². The second-order valence-corrected chi connectivity index (χ2v) is 10.1. The summed E-state index contributed by atoms with van der Waals surface area (Å²) in [7, 11) is 0. The van der Waals surface area contributed by atoms with E-state index in [1.54, 1.807) is 18.2 Å². The van der Waals surface area contributed by atoms with Crippen LogP contribution in [0.15, 0.2) is 151 Å². The molecule has 0 aliphatic rings. The molecule has 8 rings (SSSR count). The number of hydrogen-bond donors (Lipinski definition) is 0. The average molecular weight is 564 g/mol. The quantitative estimate of drug-likeness (QED) is 0.190. The predicted octanol–water partition coefficient (Wildman–Crippen LogP) is 10.9. The Balaban J connectivity index is 1.69. The molecular formula is C41H30N2. The highest BCUT2D eigenvalue weighted by Crippen LogP contribution is 2.44. The highest BCUT2D eigenvalue weighted by atomic mass is 15.1. The summed E-state index contributed by atoms with van der Waals surface area (Å²) >= 11 is 0. The van der Waals surface area contributed by atoms with E-state index < -0.39 is 67.4 Å². The molecule has 0 spiro atoms. The molecule has 0 atom stereocenters. The van der Waals surface area contributed by atoms with Crippen molar-refractivity contribution in [3.8, 4) is 39.1 Å². The van der Waals surface area contributed by atoms with Crippen LogP contribution in [0.3, 0.4) is 0 Å². The van der Waals surface area contributed by atoms with Crippen molar-refractivity contribution in [2.75, 3.05) is 0 Å². The van der Waals surface area contributed by atoms with Crippen LogP contribution < -0.4 is 0 Å². The van der Waals surface area contributed by atoms with E-state index >= 15 is 0 Å². The lowest BCUT2D eigenvalue weighted by molar-refractivity contribution is 0.917. The molecule has 0 amide bonds. The van der Waals surface area contributed by atoms with Crippen molar-refractivity contribution in [1.82, 2.24) is 9.55 Å². The third-order valence-electron chi connectivity index (χ3n) is 7.68. The van der Waals surface area contributed by atoms with Gasteiger partial charge in [-0.25, -0.2) is 4.98 Å². The number of benzene rings is 7. The van der Waals surface area contributed by atoms with Crippen LogP contribution in [0.1, 0.15) is 30.5 Å². The molecule has 7 aromatic carbocycles. The number of rotatable bonds is 5. The predicted molar refractivity (Wildman–Crippen MR) is 182 cm³/mol. The Morgan fingerprint density at radius 1 is 0.605 bits per heavy atom. The van der Waals surface area contributed by atoms with Gasteiger partial charge >= 0.3 is 0 Å². The molecule has 43 heavy (non-hydrogen) atoms. The Morgan fingerprint density at radius 3 is 1.70 bits per heavy atom. The molecule has 0 aliphatic carbocycles. The van der Waals surface area contributed by atoms with Crippen LogP contribution >= 0.6 is 0 Å². The van der Waals surface area contributed by atoms with Gasteiger partial charge in [0.2, 0.25) is 0 Å². The second kappa shape index (κ2) is 10.4. The molecule has 2 nitrogen and oxygen atoms in total. The van der Waals surface area contributed by atoms with Crippen molar-refractivity contribution in [3.63, 3.8) is 0 Å². The fourth-order valence-corrected chi connectivity index (χ4v) is 5.82. The number of hydrogen-bond acceptors (Lipinski definition) is 1. The van der Waals surface area contributed by atoms with Crippen molar-refractivity contribution in [2.24, 2.45) is 0 Å². The van der Waals surface area contributed by atoms with Crippen LogP contribution in [0.25, 0.3) is 71.6 Å². The van der Waals surface area contributed by atoms with Crippen LogP contribution in [-0.2, 0) is 6.37 Å². The van der Waals surface area contributed by atoms with Gasteiger partial charge in [0.15, 0.2) is 0 Å². The van der Waals surface area contributed by atoms with Crippen LogP contribution in [0.4, 0.5) is 0 Å². The van der Waals surface area contributed by atoms with Crippen molar-refractivity contribution in [1.29, 1.82) is 0 Å². The Morgan fingerprint density at radius 2 is 1.12 bits per heavy atom. The smallest absolute Gasteiger partial charge is 0.114 e. The van der Waals surface area contributed by atoms with Crippen molar-refractivity contribution in [3.05, 3.63) is 157 Å². The summed E-state index contributed by atoms with van der Waals surface area (Å²) in [6.45, 7) is -3.28. The van der Waals surface area contributed by atoms with Gasteiger partial charge in [-0.1, -0.05) is 128 Å². The zero-order chi connectivity index (χ0) is 40.0. The molecule has 1 heterocycles. The van der Waals surface area contributed by atoms with Gasteiger partial charge in [0, 0.05) is 24.0 Å². The summed E-state index contributed by atoms with van der Waals surface area (Å²) in [5.74, 6) is -0.633. The minimum Gasteiger partial charge on any atom is -0.295 e. The van der Waals surface area contributed by atoms with E-state index in [0.717, 1.165) is 26.8 Å². The van der Waals surface area contributed by atoms with E-state index in [9.17, 15) is 5.48 Å². The molecule has 2 heteroatoms. The number of aryl methyl sites for hydroxylation is 1. The Kier molecular flexibility index (Phi) is 3.67. The number of aromatic nitrogens is 2. The summed E-state index contributed by atoms with van der Waals surface area (Å²) in [5, 5.41) is -0.627. The van der Waals surface area contributed by atoms with Gasteiger partial charge < -0.3 is 0 Å². The third-order valence-corrected chi connectivity index (χ3v) is 7.68. The van der Waals surface area contributed by atoms with E-state index in [0.29, 0.717) is 5.56 Å². The van der Waals surface area contributed by atoms with Gasteiger partial charge in [-0.15, -0.1) is 0 Å². The molecule has 0 saturated carbocycles. The zero-order valence-corrected chi connectivity index (χ0v) is 22.7. The Labute approximate surface area is 269 Å². The van der Waals surface area contributed by atoms with E-state index in [1.165, 1.54) is 6.07 Å². The summed E-state index contributed by atoms with van der Waals surface area (Å²) < 4.78 is 117. The molecule has 0 radical (unpaired) electrons. The standard InChI is InChI=1S/C41H30N2/c1-2-39-42-37-23-13-14-24-38(37)43(39)41-35-21-11-9-19-33(35)40(34-20-10-12-22-36(34)41)32-26-30(28-15-5-3-6-16-28)25-31(27-32)29-17-7-4-8-18-29/h3-27H,2H2,1H3/i1D3,2D2,9D,10D,11D,12D,19D,20D,21D,22D. The van der Waals surface area contributed by atoms with Gasteiger partial charge in [-0.2, -0.15) is 0 Å². The van der Waals surface area contributed by atoms with Gasteiger partial charge in [0.25, 0.3) is 0 Å². The first kappa shape index (κ1) is 15.1. The SMILES string of the molecule is [2H]c1c([2H])c([2H])c2c(-n3c(C([2H])([2H])C([2H])([2H])[2H])nc4ccccc43)c3c([2H])c([2H])c([2H])c([2H])c3c(-c3cc(-c4ccccc4)cc(-c4ccccc4)c3)c2c1[2H]. The molecule has 1 aromatic heterocycles. The summed E-state index contributed by atoms with van der Waals surface area (Å²) in [6.07, 6.45) is -3.14. The summed E-state index contributed by atoms with van der Waals surface area (Å²) in [5.41, 5.74) is 3.63. The van der Waals surface area contributed by atoms with Gasteiger partial charge in [0.05, 0.1) is 27.7 Å². The lowest BCUT2D eigenvalue weighted by Gasteiger charge is -2.20. The molecule has 0 fully saturated rings. The normalized spacial score (nSPS) is 16.4. The molecule has 0 N–H and O–H groups in total. The zero-order valence-electron chi connectivity index (χ0n) is 35.7. The van der Waals surface area contributed by atoms with Gasteiger partial charge in [-0.05, 0) is 74.5 Å². The number of imidazole rings is 1. The lowest BCUT2D eigenvalue weighted by atomic mass is 9.87. The van der Waals surface area contributed by atoms with E-state index in [4.69, 9.17) is 12.3 Å². The molecule has 8 aromatic rings. The molecule has 0 saturated heterocycles. The molecule has 0 unspecified atom stereocenters. The molecule has 0 aliphatic heterocycles. The third kappa shape index (κ3) is 4.23. The Hall–Kier alpha value is -5.47. The molecule has 204 valence electrons. The maximum Gasteiger partial charge on any atom is 0.114 e. The summed E-state index contributed by atoms with van der Waals surface area (Å²) in [6, 6.07) is 26.1. The topological polar surface area (TPSA) is 17.8 Å². The van der Waals surface area contributed by atoms with Crippen molar-refractivity contribution >= 4 is 32.6 Å². The highest BCUT2D eigenvalue weighted by molar-refractivity contribution is 6.19. The molecule has 0 bridgehead atoms. The average Bonchev–Trinajstić information content (AvgIpc) is 3.59. The van der Waals surface area contributed by atoms with Gasteiger partial charge in [-0.3, -0.25) is 4.57 Å². The van der Waals surface area contributed by atoms with Crippen LogP contribution in [0.5, 0.6) is 0 Å². The van der Waals surface area contributed by atoms with Crippen LogP contribution in [0, 0.1) is 0 Å². The van der Waals surface area contributed by atoms with Crippen molar-refractivity contribution < 1.29 is 17.8 Å². The monoisotopic (exact) mass is 563 g/mol. The van der Waals surface area contributed by atoms with E-state index in [2.05, 4.69) is 4.98 Å². The number of para-hydroxylation sites is 2. The fourth-order valence-electron chi connectivity index (χ4n) is 5.82. The highest BCUT2D eigenvalue weighted by Gasteiger charge is 2.21. The van der Waals surface area contributed by atoms with E-state index in [-0.39, 0.29) is 43.8 Å². The van der Waals surface area contributed by atoms with E-state index in [1.807, 2.05) is 78.9 Å². The first-order valence-corrected chi connectivity index (χ1v) is 13.7. The lowest BCUT2D eigenvalue weighted by Crippen LogP contribution is -2.03. The van der Waals surface area contributed by atoms with Crippen molar-refractivity contribution in [2.45, 2.75) is 13.2 Å². The first-order chi connectivity index (χ1) is 26.5. The number of fused-ring (bicyclic) bond motifs is 3. The molecular weight excluding hydrogens is 520 g/mol. The number of nitrogens with zero attached hydrogens (tertiary/aromatic N) is 2. The largest absolute Gasteiger partial charge is 0.295 e. The summed E-state index contributed by atoms with van der Waals surface area (Å²) in [4.78, 5) is 4.44. The maximum absolute atomic E-state index is 9.44. The first-order valence-electron chi connectivity index (χ1n) is 20.2. The minimum atomic E-state index is -3.28. The fraction of sp³-hybridized carbons (Fsp3) is 0.0488. The second-order valence-electron chi connectivity index (χ2n) is 10.1. The van der Waals surface area contributed by atoms with Crippen LogP contribution in [0.2, 0.25) is 0 Å². The van der Waals surface area contributed by atoms with Crippen LogP contribution in [-0.4, -0.2) is 9.55 Å².